The van der Waals surface area contributed by atoms with Crippen molar-refractivity contribution in [3.8, 4) is 16.9 Å². The van der Waals surface area contributed by atoms with Gasteiger partial charge in [0.15, 0.2) is 0 Å². The van der Waals surface area contributed by atoms with Gasteiger partial charge in [-0.25, -0.2) is 0 Å². The number of carbonyl (C=O) groups excluding carboxylic acids is 2. The highest BCUT2D eigenvalue weighted by molar-refractivity contribution is 5.86. The molecule has 1 atom stereocenters. The van der Waals surface area contributed by atoms with Gasteiger partial charge in [0.1, 0.15) is 11.8 Å². The predicted octanol–water partition coefficient (Wildman–Crippen LogP) is 1.88. The lowest BCUT2D eigenvalue weighted by molar-refractivity contribution is -0.141. The fraction of sp³-hybridized carbons (Fsp3) is 0.333. The van der Waals surface area contributed by atoms with Crippen LogP contribution in [0.25, 0.3) is 11.1 Å². The summed E-state index contributed by atoms with van der Waals surface area (Å²) in [6, 6.07) is 15.7. The van der Waals surface area contributed by atoms with Crippen molar-refractivity contribution in [1.29, 1.82) is 0 Å². The highest BCUT2D eigenvalue weighted by Gasteiger charge is 2.32. The van der Waals surface area contributed by atoms with Crippen molar-refractivity contribution in [3.63, 3.8) is 0 Å². The minimum absolute atomic E-state index is 0.111. The van der Waals surface area contributed by atoms with E-state index in [-0.39, 0.29) is 5.91 Å². The molecule has 6 heteroatoms. The molecule has 2 N–H and O–H groups in total. The van der Waals surface area contributed by atoms with Crippen molar-refractivity contribution < 1.29 is 14.3 Å². The zero-order valence-electron chi connectivity index (χ0n) is 15.7. The van der Waals surface area contributed by atoms with E-state index < -0.39 is 11.9 Å². The topological polar surface area (TPSA) is 75.9 Å². The first kappa shape index (κ1) is 18.9. The van der Waals surface area contributed by atoms with Crippen LogP contribution in [0.3, 0.4) is 0 Å². The standard InChI is InChI=1S/C21H25N3O3/c1-15(25)24-12-11-23(14-19(24)21(22)26)13-16-7-9-17(10-8-16)18-5-3-4-6-20(18)27-2/h3-10,19H,11-14H2,1-2H3,(H2,22,26). The summed E-state index contributed by atoms with van der Waals surface area (Å²) in [5, 5.41) is 0. The maximum atomic E-state index is 11.7. The lowest BCUT2D eigenvalue weighted by atomic mass is 10.0. The molecule has 1 aliphatic rings. The second-order valence-corrected chi connectivity index (χ2v) is 6.76. The quantitative estimate of drug-likeness (QED) is 0.875. The monoisotopic (exact) mass is 367 g/mol. The lowest BCUT2D eigenvalue weighted by Gasteiger charge is -2.39. The Kier molecular flexibility index (Phi) is 5.76. The van der Waals surface area contributed by atoms with Gasteiger partial charge in [0.05, 0.1) is 7.11 Å². The van der Waals surface area contributed by atoms with Crippen LogP contribution in [0.2, 0.25) is 0 Å². The Hall–Kier alpha value is -2.86. The lowest BCUT2D eigenvalue weighted by Crippen LogP contribution is -2.59. The number of hydrogen-bond acceptors (Lipinski definition) is 4. The van der Waals surface area contributed by atoms with Crippen LogP contribution in [0.4, 0.5) is 0 Å². The van der Waals surface area contributed by atoms with Gasteiger partial charge in [-0.1, -0.05) is 42.5 Å². The molecule has 1 fully saturated rings. The molecule has 2 aromatic rings. The average molecular weight is 367 g/mol. The van der Waals surface area contributed by atoms with Gasteiger partial charge in [0.25, 0.3) is 0 Å². The molecule has 0 bridgehead atoms. The summed E-state index contributed by atoms with van der Waals surface area (Å²) < 4.78 is 5.43. The first-order valence-corrected chi connectivity index (χ1v) is 9.01. The SMILES string of the molecule is COc1ccccc1-c1ccc(CN2CCN(C(C)=O)C(C(N)=O)C2)cc1. The third-order valence-electron chi connectivity index (χ3n) is 4.98. The van der Waals surface area contributed by atoms with Crippen molar-refractivity contribution in [2.75, 3.05) is 26.7 Å². The van der Waals surface area contributed by atoms with Crippen molar-refractivity contribution in [3.05, 3.63) is 54.1 Å². The zero-order chi connectivity index (χ0) is 19.4. The summed E-state index contributed by atoms with van der Waals surface area (Å²) in [6.07, 6.45) is 0. The van der Waals surface area contributed by atoms with Gasteiger partial charge in [-0.3, -0.25) is 14.5 Å². The highest BCUT2D eigenvalue weighted by Crippen LogP contribution is 2.29. The molecule has 2 amide bonds. The van der Waals surface area contributed by atoms with Crippen molar-refractivity contribution >= 4 is 11.8 Å². The number of carbonyl (C=O) groups is 2. The Morgan fingerprint density at radius 1 is 1.11 bits per heavy atom. The highest BCUT2D eigenvalue weighted by atomic mass is 16.5. The number of hydrogen-bond donors (Lipinski definition) is 1. The van der Waals surface area contributed by atoms with E-state index in [1.54, 1.807) is 12.0 Å². The van der Waals surface area contributed by atoms with E-state index in [2.05, 4.69) is 29.2 Å². The first-order valence-electron chi connectivity index (χ1n) is 9.01. The van der Waals surface area contributed by atoms with E-state index in [4.69, 9.17) is 10.5 Å². The minimum Gasteiger partial charge on any atom is -0.496 e. The fourth-order valence-electron chi connectivity index (χ4n) is 3.53. The van der Waals surface area contributed by atoms with E-state index >= 15 is 0 Å². The molecule has 142 valence electrons. The van der Waals surface area contributed by atoms with Crippen LogP contribution in [0.1, 0.15) is 12.5 Å². The van der Waals surface area contributed by atoms with Crippen molar-refractivity contribution in [2.45, 2.75) is 19.5 Å². The number of amides is 2. The predicted molar refractivity (Wildman–Crippen MR) is 104 cm³/mol. The Bertz CT molecular complexity index is 820. The van der Waals surface area contributed by atoms with E-state index in [1.165, 1.54) is 6.92 Å². The number of benzene rings is 2. The second kappa shape index (κ2) is 8.22. The largest absolute Gasteiger partial charge is 0.496 e. The average Bonchev–Trinajstić information content (AvgIpc) is 2.68. The van der Waals surface area contributed by atoms with Crippen LogP contribution in [-0.4, -0.2) is 54.4 Å². The smallest absolute Gasteiger partial charge is 0.241 e. The Morgan fingerprint density at radius 2 is 1.81 bits per heavy atom. The zero-order valence-corrected chi connectivity index (χ0v) is 15.7. The third-order valence-corrected chi connectivity index (χ3v) is 4.98. The maximum absolute atomic E-state index is 11.7. The molecule has 1 unspecified atom stereocenters. The molecule has 1 heterocycles. The van der Waals surface area contributed by atoms with Crippen LogP contribution in [-0.2, 0) is 16.1 Å². The normalized spacial score (nSPS) is 17.6. The van der Waals surface area contributed by atoms with Crippen LogP contribution < -0.4 is 10.5 Å². The number of para-hydroxylation sites is 1. The van der Waals surface area contributed by atoms with E-state index in [0.717, 1.165) is 29.0 Å². The van der Waals surface area contributed by atoms with Crippen LogP contribution in [0, 0.1) is 0 Å². The second-order valence-electron chi connectivity index (χ2n) is 6.76. The minimum atomic E-state index is -0.566. The van der Waals surface area contributed by atoms with Gasteiger partial charge >= 0.3 is 0 Å². The number of nitrogens with zero attached hydrogens (tertiary/aromatic N) is 2. The summed E-state index contributed by atoms with van der Waals surface area (Å²) in [5.74, 6) is 0.274. The number of piperazine rings is 1. The van der Waals surface area contributed by atoms with Gasteiger partial charge in [0, 0.05) is 38.7 Å². The summed E-state index contributed by atoms with van der Waals surface area (Å²) in [6.45, 7) is 3.88. The number of primary amides is 1. The van der Waals surface area contributed by atoms with Crippen molar-refractivity contribution in [2.24, 2.45) is 5.73 Å². The molecule has 3 rings (SSSR count). The molecule has 27 heavy (non-hydrogen) atoms. The van der Waals surface area contributed by atoms with Gasteiger partial charge in [-0.15, -0.1) is 0 Å². The number of methoxy groups -OCH3 is 1. The van der Waals surface area contributed by atoms with Gasteiger partial charge < -0.3 is 15.4 Å². The van der Waals surface area contributed by atoms with Crippen molar-refractivity contribution in [1.82, 2.24) is 9.80 Å². The maximum Gasteiger partial charge on any atom is 0.241 e. The first-order chi connectivity index (χ1) is 13.0. The Balaban J connectivity index is 1.70. The van der Waals surface area contributed by atoms with Crippen LogP contribution >= 0.6 is 0 Å². The number of nitrogens with two attached hydrogens (primary N) is 1. The summed E-state index contributed by atoms with van der Waals surface area (Å²) in [7, 11) is 1.67. The fourth-order valence-corrected chi connectivity index (χ4v) is 3.53. The summed E-state index contributed by atoms with van der Waals surface area (Å²) >= 11 is 0. The van der Waals surface area contributed by atoms with Gasteiger partial charge in [-0.05, 0) is 17.2 Å². The van der Waals surface area contributed by atoms with Crippen LogP contribution in [0.5, 0.6) is 5.75 Å². The van der Waals surface area contributed by atoms with Gasteiger partial charge in [0.2, 0.25) is 11.8 Å². The molecule has 0 aliphatic carbocycles. The van der Waals surface area contributed by atoms with Crippen LogP contribution in [0.15, 0.2) is 48.5 Å². The van der Waals surface area contributed by atoms with E-state index in [1.807, 2.05) is 24.3 Å². The molecule has 0 radical (unpaired) electrons. The molecule has 0 aromatic heterocycles. The molecule has 1 saturated heterocycles. The Morgan fingerprint density at radius 3 is 2.44 bits per heavy atom. The van der Waals surface area contributed by atoms with E-state index in [9.17, 15) is 9.59 Å². The number of rotatable bonds is 5. The third kappa shape index (κ3) is 4.28. The molecule has 2 aromatic carbocycles. The van der Waals surface area contributed by atoms with Gasteiger partial charge in [-0.2, -0.15) is 0 Å². The van der Waals surface area contributed by atoms with E-state index in [0.29, 0.717) is 19.6 Å². The molecule has 6 nitrogen and oxygen atoms in total. The summed E-state index contributed by atoms with van der Waals surface area (Å²) in [5.41, 5.74) is 8.78. The molecule has 0 spiro atoms. The molecule has 0 saturated carbocycles. The number of ether oxygens (including phenoxy) is 1. The Labute approximate surface area is 159 Å². The molecular formula is C21H25N3O3. The molecular weight excluding hydrogens is 342 g/mol. The summed E-state index contributed by atoms with van der Waals surface area (Å²) in [4.78, 5) is 27.1. The molecule has 1 aliphatic heterocycles.